The third kappa shape index (κ3) is 4.26. The lowest BCUT2D eigenvalue weighted by atomic mass is 10.0. The molecule has 1 aromatic carbocycles. The summed E-state index contributed by atoms with van der Waals surface area (Å²) in [5.41, 5.74) is 3.23. The predicted molar refractivity (Wildman–Crippen MR) is 64.6 cm³/mol. The van der Waals surface area contributed by atoms with Crippen LogP contribution in [0, 0.1) is 13.8 Å². The average molecular weight is 235 g/mol. The van der Waals surface area contributed by atoms with Gasteiger partial charge in [0.15, 0.2) is 6.61 Å². The highest BCUT2D eigenvalue weighted by Crippen LogP contribution is 2.10. The molecule has 0 unspecified atom stereocenters. The number of ether oxygens (including phenoxy) is 1. The quantitative estimate of drug-likeness (QED) is 0.796. The van der Waals surface area contributed by atoms with Crippen molar-refractivity contribution >= 4 is 11.9 Å². The van der Waals surface area contributed by atoms with Crippen LogP contribution in [-0.2, 0) is 20.7 Å². The molecule has 0 fully saturated rings. The molecule has 92 valence electrons. The normalized spacial score (nSPS) is 9.82. The lowest BCUT2D eigenvalue weighted by Crippen LogP contribution is -2.25. The van der Waals surface area contributed by atoms with Crippen molar-refractivity contribution in [1.29, 1.82) is 0 Å². The molecule has 0 saturated heterocycles. The van der Waals surface area contributed by atoms with Gasteiger partial charge in [-0.25, -0.2) is 0 Å². The van der Waals surface area contributed by atoms with Crippen molar-refractivity contribution in [2.45, 2.75) is 20.3 Å². The Balaban J connectivity index is 2.50. The van der Waals surface area contributed by atoms with Crippen molar-refractivity contribution in [2.75, 3.05) is 13.7 Å². The number of rotatable bonds is 4. The van der Waals surface area contributed by atoms with Gasteiger partial charge < -0.3 is 10.1 Å². The second-order valence-electron chi connectivity index (χ2n) is 3.93. The summed E-state index contributed by atoms with van der Waals surface area (Å²) < 4.78 is 4.82. The van der Waals surface area contributed by atoms with E-state index in [4.69, 9.17) is 4.74 Å². The molecular formula is C13H17NO3. The highest BCUT2D eigenvalue weighted by Gasteiger charge is 2.07. The summed E-state index contributed by atoms with van der Waals surface area (Å²) in [7, 11) is 1.50. The van der Waals surface area contributed by atoms with Crippen molar-refractivity contribution < 1.29 is 14.3 Å². The molecule has 1 amide bonds. The monoisotopic (exact) mass is 235 g/mol. The number of likely N-dealkylation sites (N-methyl/N-ethyl adjacent to an activating group) is 1. The molecule has 0 aromatic heterocycles. The number of hydrogen-bond acceptors (Lipinski definition) is 3. The number of benzene rings is 1. The summed E-state index contributed by atoms with van der Waals surface area (Å²) in [4.78, 5) is 22.3. The Bertz CT molecular complexity index is 427. The van der Waals surface area contributed by atoms with E-state index in [1.807, 2.05) is 32.0 Å². The Morgan fingerprint density at radius 3 is 2.53 bits per heavy atom. The lowest BCUT2D eigenvalue weighted by molar-refractivity contribution is -0.147. The van der Waals surface area contributed by atoms with E-state index in [0.29, 0.717) is 0 Å². The van der Waals surface area contributed by atoms with Crippen molar-refractivity contribution in [3.05, 3.63) is 34.9 Å². The standard InChI is InChI=1S/C13H17NO3/c1-9-4-5-11(6-10(9)2)7-13(16)17-8-12(15)14-3/h4-6H,7-8H2,1-3H3,(H,14,15). The van der Waals surface area contributed by atoms with Gasteiger partial charge in [0.2, 0.25) is 0 Å². The highest BCUT2D eigenvalue weighted by molar-refractivity contribution is 5.80. The maximum atomic E-state index is 11.4. The molecule has 17 heavy (non-hydrogen) atoms. The number of esters is 1. The Morgan fingerprint density at radius 1 is 1.24 bits per heavy atom. The third-order valence-corrected chi connectivity index (χ3v) is 2.56. The van der Waals surface area contributed by atoms with E-state index in [9.17, 15) is 9.59 Å². The maximum absolute atomic E-state index is 11.4. The lowest BCUT2D eigenvalue weighted by Gasteiger charge is -2.06. The van der Waals surface area contributed by atoms with Crippen LogP contribution in [-0.4, -0.2) is 25.5 Å². The average Bonchev–Trinajstić information content (AvgIpc) is 2.31. The number of nitrogens with one attached hydrogen (secondary N) is 1. The Labute approximate surface area is 101 Å². The topological polar surface area (TPSA) is 55.4 Å². The minimum absolute atomic E-state index is 0.193. The second kappa shape index (κ2) is 6.03. The van der Waals surface area contributed by atoms with Gasteiger partial charge in [0.25, 0.3) is 5.91 Å². The van der Waals surface area contributed by atoms with E-state index in [-0.39, 0.29) is 18.9 Å². The fraction of sp³-hybridized carbons (Fsp3) is 0.385. The molecule has 0 heterocycles. The molecule has 0 bridgehead atoms. The van der Waals surface area contributed by atoms with Gasteiger partial charge >= 0.3 is 5.97 Å². The van der Waals surface area contributed by atoms with Crippen molar-refractivity contribution in [2.24, 2.45) is 0 Å². The van der Waals surface area contributed by atoms with Crippen molar-refractivity contribution in [1.82, 2.24) is 5.32 Å². The Hall–Kier alpha value is -1.84. The first kappa shape index (κ1) is 13.2. The van der Waals surface area contributed by atoms with E-state index in [2.05, 4.69) is 5.32 Å². The van der Waals surface area contributed by atoms with Crippen LogP contribution in [0.4, 0.5) is 0 Å². The number of hydrogen-bond donors (Lipinski definition) is 1. The third-order valence-electron chi connectivity index (χ3n) is 2.56. The Morgan fingerprint density at radius 2 is 1.94 bits per heavy atom. The molecule has 0 atom stereocenters. The zero-order valence-corrected chi connectivity index (χ0v) is 10.4. The van der Waals surface area contributed by atoms with Gasteiger partial charge in [-0.3, -0.25) is 9.59 Å². The van der Waals surface area contributed by atoms with Crippen LogP contribution in [0.5, 0.6) is 0 Å². The molecule has 4 heteroatoms. The van der Waals surface area contributed by atoms with Gasteiger partial charge in [-0.15, -0.1) is 0 Å². The Kier molecular flexibility index (Phi) is 4.69. The van der Waals surface area contributed by atoms with Crippen LogP contribution in [0.2, 0.25) is 0 Å². The van der Waals surface area contributed by atoms with E-state index < -0.39 is 5.97 Å². The molecule has 1 aromatic rings. The van der Waals surface area contributed by atoms with Gasteiger partial charge in [-0.05, 0) is 30.5 Å². The van der Waals surface area contributed by atoms with Gasteiger partial charge in [0.05, 0.1) is 6.42 Å². The summed E-state index contributed by atoms with van der Waals surface area (Å²) in [6.07, 6.45) is 0.193. The highest BCUT2D eigenvalue weighted by atomic mass is 16.5. The molecule has 0 radical (unpaired) electrons. The molecule has 0 saturated carbocycles. The number of carbonyl (C=O) groups excluding carboxylic acids is 2. The first-order chi connectivity index (χ1) is 8.02. The van der Waals surface area contributed by atoms with E-state index in [1.54, 1.807) is 0 Å². The van der Waals surface area contributed by atoms with Crippen LogP contribution < -0.4 is 5.32 Å². The molecule has 1 N–H and O–H groups in total. The predicted octanol–water partition coefficient (Wildman–Crippen LogP) is 1.14. The zero-order valence-electron chi connectivity index (χ0n) is 10.4. The van der Waals surface area contributed by atoms with Crippen LogP contribution in [0.1, 0.15) is 16.7 Å². The molecule has 0 spiro atoms. The zero-order chi connectivity index (χ0) is 12.8. The minimum atomic E-state index is -0.392. The fourth-order valence-corrected chi connectivity index (χ4v) is 1.35. The summed E-state index contributed by atoms with van der Waals surface area (Å²) in [6.45, 7) is 3.79. The number of amides is 1. The summed E-state index contributed by atoms with van der Waals surface area (Å²) in [5.74, 6) is -0.699. The first-order valence-electron chi connectivity index (χ1n) is 5.45. The molecular weight excluding hydrogens is 218 g/mol. The summed E-state index contributed by atoms with van der Waals surface area (Å²) >= 11 is 0. The number of aryl methyl sites for hydroxylation is 2. The first-order valence-corrected chi connectivity index (χ1v) is 5.45. The second-order valence-corrected chi connectivity index (χ2v) is 3.93. The maximum Gasteiger partial charge on any atom is 0.310 e. The number of carbonyl (C=O) groups is 2. The van der Waals surface area contributed by atoms with Gasteiger partial charge in [-0.2, -0.15) is 0 Å². The molecule has 0 aliphatic heterocycles. The molecule has 0 aliphatic carbocycles. The molecule has 1 rings (SSSR count). The van der Waals surface area contributed by atoms with Crippen molar-refractivity contribution in [3.63, 3.8) is 0 Å². The van der Waals surface area contributed by atoms with E-state index in [0.717, 1.165) is 11.1 Å². The van der Waals surface area contributed by atoms with Gasteiger partial charge in [-0.1, -0.05) is 18.2 Å². The van der Waals surface area contributed by atoms with E-state index in [1.165, 1.54) is 12.6 Å². The van der Waals surface area contributed by atoms with Crippen LogP contribution in [0.3, 0.4) is 0 Å². The van der Waals surface area contributed by atoms with Crippen LogP contribution in [0.25, 0.3) is 0 Å². The van der Waals surface area contributed by atoms with Crippen LogP contribution >= 0.6 is 0 Å². The fourth-order valence-electron chi connectivity index (χ4n) is 1.35. The summed E-state index contributed by atoms with van der Waals surface area (Å²) in [5, 5.41) is 2.38. The SMILES string of the molecule is CNC(=O)COC(=O)Cc1ccc(C)c(C)c1. The summed E-state index contributed by atoms with van der Waals surface area (Å²) in [6, 6.07) is 5.82. The van der Waals surface area contributed by atoms with E-state index >= 15 is 0 Å². The largest absolute Gasteiger partial charge is 0.455 e. The van der Waals surface area contributed by atoms with Crippen molar-refractivity contribution in [3.8, 4) is 0 Å². The van der Waals surface area contributed by atoms with Crippen LogP contribution in [0.15, 0.2) is 18.2 Å². The smallest absolute Gasteiger partial charge is 0.310 e. The minimum Gasteiger partial charge on any atom is -0.455 e. The van der Waals surface area contributed by atoms with Gasteiger partial charge in [0, 0.05) is 7.05 Å². The molecule has 4 nitrogen and oxygen atoms in total. The van der Waals surface area contributed by atoms with Gasteiger partial charge in [0.1, 0.15) is 0 Å². The molecule has 0 aliphatic rings.